The molecule has 0 saturated carbocycles. The summed E-state index contributed by atoms with van der Waals surface area (Å²) in [5.41, 5.74) is 6.57. The van der Waals surface area contributed by atoms with Crippen LogP contribution < -0.4 is 15.2 Å². The van der Waals surface area contributed by atoms with Gasteiger partial charge in [0.05, 0.1) is 6.21 Å². The summed E-state index contributed by atoms with van der Waals surface area (Å²) in [5.74, 6) is -0.623. The molecule has 6 heteroatoms. The maximum atomic E-state index is 13.1. The van der Waals surface area contributed by atoms with Crippen LogP contribution in [-0.2, 0) is 4.79 Å². The van der Waals surface area contributed by atoms with Crippen LogP contribution >= 0.6 is 0 Å². The number of rotatable bonds is 7. The molecular weight excluding hydrogens is 388 g/mol. The van der Waals surface area contributed by atoms with Crippen LogP contribution in [0, 0.1) is 6.92 Å². The number of amides is 2. The Morgan fingerprint density at radius 2 is 1.55 bits per heavy atom. The number of benzene rings is 3. The first-order valence-electron chi connectivity index (χ1n) is 9.97. The maximum absolute atomic E-state index is 13.1. The van der Waals surface area contributed by atoms with E-state index < -0.39 is 0 Å². The van der Waals surface area contributed by atoms with Crippen LogP contribution in [0.15, 0.2) is 84.0 Å². The molecule has 3 aromatic rings. The smallest absolute Gasteiger partial charge is 0.260 e. The summed E-state index contributed by atoms with van der Waals surface area (Å²) in [6.45, 7) is 1.77. The summed E-state index contributed by atoms with van der Waals surface area (Å²) < 4.78 is 0. The van der Waals surface area contributed by atoms with Gasteiger partial charge in [0.1, 0.15) is 6.54 Å². The Morgan fingerprint density at radius 3 is 2.19 bits per heavy atom. The molecule has 0 bridgehead atoms. The van der Waals surface area contributed by atoms with E-state index in [0.29, 0.717) is 11.3 Å². The second kappa shape index (κ2) is 10.2. The van der Waals surface area contributed by atoms with Crippen molar-refractivity contribution in [2.45, 2.75) is 6.92 Å². The van der Waals surface area contributed by atoms with Crippen molar-refractivity contribution < 1.29 is 9.59 Å². The quantitative estimate of drug-likeness (QED) is 0.472. The van der Waals surface area contributed by atoms with Gasteiger partial charge in [-0.25, -0.2) is 5.43 Å². The lowest BCUT2D eigenvalue weighted by Crippen LogP contribution is -2.40. The first-order chi connectivity index (χ1) is 15.0. The first kappa shape index (κ1) is 21.8. The lowest BCUT2D eigenvalue weighted by molar-refractivity contribution is -0.119. The minimum Gasteiger partial charge on any atom is -0.378 e. The number of carbonyl (C=O) groups excluding carboxylic acids is 2. The van der Waals surface area contributed by atoms with E-state index >= 15 is 0 Å². The van der Waals surface area contributed by atoms with E-state index in [1.54, 1.807) is 30.5 Å². The van der Waals surface area contributed by atoms with E-state index in [9.17, 15) is 9.59 Å². The van der Waals surface area contributed by atoms with Crippen molar-refractivity contribution in [1.82, 2.24) is 5.43 Å². The average Bonchev–Trinajstić information content (AvgIpc) is 2.78. The summed E-state index contributed by atoms with van der Waals surface area (Å²) in [6, 6.07) is 24.2. The third kappa shape index (κ3) is 5.79. The molecule has 31 heavy (non-hydrogen) atoms. The highest BCUT2D eigenvalue weighted by atomic mass is 16.2. The Hall–Kier alpha value is -3.93. The number of nitrogens with zero attached hydrogens (tertiary/aromatic N) is 3. The fourth-order valence-corrected chi connectivity index (χ4v) is 3.09. The lowest BCUT2D eigenvalue weighted by atomic mass is 10.1. The molecule has 1 N–H and O–H groups in total. The van der Waals surface area contributed by atoms with Crippen LogP contribution in [0.2, 0.25) is 0 Å². The van der Waals surface area contributed by atoms with Gasteiger partial charge in [0.2, 0.25) is 0 Å². The van der Waals surface area contributed by atoms with Crippen molar-refractivity contribution in [2.24, 2.45) is 5.10 Å². The van der Waals surface area contributed by atoms with Crippen LogP contribution in [0.3, 0.4) is 0 Å². The third-order valence-corrected chi connectivity index (χ3v) is 4.79. The standard InChI is InChI=1S/C25H26N4O2/c1-19-9-7-8-12-23(19)29(25(31)21-10-5-4-6-11-21)18-24(30)27-26-17-20-13-15-22(16-14-20)28(2)3/h4-17H,18H2,1-3H3,(H,27,30). The van der Waals surface area contributed by atoms with E-state index in [2.05, 4.69) is 10.5 Å². The predicted octanol–water partition coefficient (Wildman–Crippen LogP) is 3.86. The van der Waals surface area contributed by atoms with Gasteiger partial charge in [0, 0.05) is 31.0 Å². The maximum Gasteiger partial charge on any atom is 0.260 e. The summed E-state index contributed by atoms with van der Waals surface area (Å²) >= 11 is 0. The fraction of sp³-hybridized carbons (Fsp3) is 0.160. The monoisotopic (exact) mass is 414 g/mol. The molecule has 6 nitrogen and oxygen atoms in total. The van der Waals surface area contributed by atoms with E-state index in [1.807, 2.05) is 80.5 Å². The molecule has 0 aliphatic heterocycles. The predicted molar refractivity (Wildman–Crippen MR) is 126 cm³/mol. The molecule has 0 heterocycles. The number of hydrazone groups is 1. The molecule has 0 aliphatic carbocycles. The number of anilines is 2. The number of para-hydroxylation sites is 1. The molecule has 0 atom stereocenters. The summed E-state index contributed by atoms with van der Waals surface area (Å²) in [5, 5.41) is 4.04. The Bertz CT molecular complexity index is 1060. The second-order valence-electron chi connectivity index (χ2n) is 7.32. The minimum atomic E-state index is -0.381. The van der Waals surface area contributed by atoms with Gasteiger partial charge >= 0.3 is 0 Å². The van der Waals surface area contributed by atoms with Gasteiger partial charge in [-0.3, -0.25) is 14.5 Å². The van der Waals surface area contributed by atoms with Crippen molar-refractivity contribution in [1.29, 1.82) is 0 Å². The number of hydrogen-bond donors (Lipinski definition) is 1. The lowest BCUT2D eigenvalue weighted by Gasteiger charge is -2.23. The van der Waals surface area contributed by atoms with Crippen molar-refractivity contribution in [2.75, 3.05) is 30.4 Å². The van der Waals surface area contributed by atoms with Crippen molar-refractivity contribution in [3.63, 3.8) is 0 Å². The zero-order valence-electron chi connectivity index (χ0n) is 17.9. The third-order valence-electron chi connectivity index (χ3n) is 4.79. The fourth-order valence-electron chi connectivity index (χ4n) is 3.09. The van der Waals surface area contributed by atoms with Crippen molar-refractivity contribution in [3.05, 3.63) is 95.6 Å². The summed E-state index contributed by atoms with van der Waals surface area (Å²) in [4.78, 5) is 29.2. The molecule has 3 aromatic carbocycles. The Balaban J connectivity index is 1.72. The average molecular weight is 415 g/mol. The number of aryl methyl sites for hydroxylation is 1. The highest BCUT2D eigenvalue weighted by Gasteiger charge is 2.21. The van der Waals surface area contributed by atoms with Crippen LogP contribution in [0.4, 0.5) is 11.4 Å². The molecule has 0 radical (unpaired) electrons. The van der Waals surface area contributed by atoms with Crippen LogP contribution in [0.5, 0.6) is 0 Å². The highest BCUT2D eigenvalue weighted by molar-refractivity contribution is 6.09. The SMILES string of the molecule is Cc1ccccc1N(CC(=O)NN=Cc1ccc(N(C)C)cc1)C(=O)c1ccccc1. The number of hydrogen-bond acceptors (Lipinski definition) is 4. The van der Waals surface area contributed by atoms with Crippen molar-refractivity contribution >= 4 is 29.4 Å². The van der Waals surface area contributed by atoms with E-state index in [1.165, 1.54) is 4.90 Å². The largest absolute Gasteiger partial charge is 0.378 e. The normalized spacial score (nSPS) is 10.7. The Labute approximate surface area is 182 Å². The molecule has 0 aromatic heterocycles. The van der Waals surface area contributed by atoms with Gasteiger partial charge in [-0.05, 0) is 48.4 Å². The molecule has 0 unspecified atom stereocenters. The second-order valence-corrected chi connectivity index (χ2v) is 7.32. The number of carbonyl (C=O) groups is 2. The van der Waals surface area contributed by atoms with E-state index in [-0.39, 0.29) is 18.4 Å². The molecule has 0 saturated heterocycles. The molecule has 3 rings (SSSR count). The first-order valence-corrected chi connectivity index (χ1v) is 9.97. The van der Waals surface area contributed by atoms with Crippen LogP contribution in [0.25, 0.3) is 0 Å². The van der Waals surface area contributed by atoms with E-state index in [0.717, 1.165) is 16.8 Å². The molecule has 2 amide bonds. The van der Waals surface area contributed by atoms with Crippen LogP contribution in [-0.4, -0.2) is 38.7 Å². The molecule has 0 aliphatic rings. The minimum absolute atomic E-state index is 0.143. The zero-order valence-corrected chi connectivity index (χ0v) is 17.9. The van der Waals surface area contributed by atoms with E-state index in [4.69, 9.17) is 0 Å². The topological polar surface area (TPSA) is 65.0 Å². The molecular formula is C25H26N4O2. The zero-order chi connectivity index (χ0) is 22.2. The highest BCUT2D eigenvalue weighted by Crippen LogP contribution is 2.21. The molecule has 0 fully saturated rings. The summed E-state index contributed by atoms with van der Waals surface area (Å²) in [6.07, 6.45) is 1.58. The van der Waals surface area contributed by atoms with Gasteiger partial charge in [-0.15, -0.1) is 0 Å². The summed E-state index contributed by atoms with van der Waals surface area (Å²) in [7, 11) is 3.94. The Kier molecular flexibility index (Phi) is 7.17. The number of nitrogens with one attached hydrogen (secondary N) is 1. The van der Waals surface area contributed by atoms with Gasteiger partial charge in [-0.1, -0.05) is 48.5 Å². The molecule has 0 spiro atoms. The van der Waals surface area contributed by atoms with Gasteiger partial charge in [0.25, 0.3) is 11.8 Å². The van der Waals surface area contributed by atoms with Gasteiger partial charge in [0.15, 0.2) is 0 Å². The van der Waals surface area contributed by atoms with Crippen LogP contribution in [0.1, 0.15) is 21.5 Å². The Morgan fingerprint density at radius 1 is 0.903 bits per heavy atom. The molecule has 158 valence electrons. The van der Waals surface area contributed by atoms with Gasteiger partial charge < -0.3 is 4.90 Å². The van der Waals surface area contributed by atoms with Crippen molar-refractivity contribution in [3.8, 4) is 0 Å². The van der Waals surface area contributed by atoms with Gasteiger partial charge in [-0.2, -0.15) is 5.10 Å².